The first-order valence-electron chi connectivity index (χ1n) is 14.9. The molecule has 4 heterocycles. The third kappa shape index (κ3) is 6.84. The van der Waals surface area contributed by atoms with E-state index in [1.807, 2.05) is 0 Å². The minimum Gasteiger partial charge on any atom is -0.444 e. The largest absolute Gasteiger partial charge is 0.444 e. The van der Waals surface area contributed by atoms with E-state index in [4.69, 9.17) is 9.47 Å². The number of benzene rings is 1. The molecule has 3 amide bonds. The van der Waals surface area contributed by atoms with Gasteiger partial charge in [-0.05, 0) is 52.3 Å². The molecule has 47 heavy (non-hydrogen) atoms. The highest BCUT2D eigenvalue weighted by Crippen LogP contribution is 2.38. The van der Waals surface area contributed by atoms with Crippen molar-refractivity contribution in [2.75, 3.05) is 61.4 Å². The Morgan fingerprint density at radius 2 is 1.85 bits per heavy atom. The number of fused-ring (bicyclic) bond motifs is 1. The molecule has 0 aliphatic carbocycles. The number of hydrogen-bond acceptors (Lipinski definition) is 9. The molecule has 1 spiro atoms. The molecule has 1 atom stereocenters. The number of carbonyl (C=O) groups excluding carboxylic acids is 3. The van der Waals surface area contributed by atoms with Gasteiger partial charge in [-0.3, -0.25) is 9.69 Å². The van der Waals surface area contributed by atoms with Crippen molar-refractivity contribution in [3.63, 3.8) is 0 Å². The first kappa shape index (κ1) is 33.6. The van der Waals surface area contributed by atoms with Gasteiger partial charge in [0.2, 0.25) is 5.91 Å². The summed E-state index contributed by atoms with van der Waals surface area (Å²) in [5, 5.41) is 12.4. The van der Waals surface area contributed by atoms with E-state index in [1.165, 1.54) is 46.9 Å². The molecule has 1 N–H and O–H groups in total. The summed E-state index contributed by atoms with van der Waals surface area (Å²) in [7, 11) is 1.42. The van der Waals surface area contributed by atoms with Crippen LogP contribution in [0.25, 0.3) is 0 Å². The number of carbonyl (C=O) groups is 3. The van der Waals surface area contributed by atoms with Crippen molar-refractivity contribution in [1.29, 1.82) is 5.26 Å². The van der Waals surface area contributed by atoms with Crippen molar-refractivity contribution < 1.29 is 41.4 Å². The average molecular weight is 662 g/mol. The molecular formula is C31H35F4N7O5. The smallest absolute Gasteiger partial charge is 0.417 e. The molecule has 2 fully saturated rings. The minimum atomic E-state index is -4.83. The Morgan fingerprint density at radius 1 is 1.17 bits per heavy atom. The lowest BCUT2D eigenvalue weighted by atomic mass is 9.95. The van der Waals surface area contributed by atoms with Gasteiger partial charge in [-0.2, -0.15) is 18.4 Å². The van der Waals surface area contributed by atoms with E-state index < -0.39 is 58.5 Å². The van der Waals surface area contributed by atoms with Gasteiger partial charge in [-0.25, -0.2) is 19.0 Å². The van der Waals surface area contributed by atoms with Crippen LogP contribution in [0.2, 0.25) is 0 Å². The molecule has 1 aromatic carbocycles. The van der Waals surface area contributed by atoms with Gasteiger partial charge in [-0.1, -0.05) is 6.07 Å². The van der Waals surface area contributed by atoms with Crippen LogP contribution in [0.4, 0.5) is 44.3 Å². The fourth-order valence-electron chi connectivity index (χ4n) is 5.97. The highest BCUT2D eigenvalue weighted by atomic mass is 19.4. The molecule has 3 aliphatic heterocycles. The number of likely N-dealkylation sites (tertiary alicyclic amines) is 1. The second-order valence-electron chi connectivity index (χ2n) is 12.9. The van der Waals surface area contributed by atoms with Crippen LogP contribution in [-0.2, 0) is 20.4 Å². The molecule has 0 bridgehead atoms. The van der Waals surface area contributed by atoms with E-state index in [9.17, 15) is 32.8 Å². The number of anilines is 3. The zero-order valence-electron chi connectivity index (χ0n) is 26.6. The molecule has 5 rings (SSSR count). The summed E-state index contributed by atoms with van der Waals surface area (Å²) in [5.74, 6) is -1.56. The summed E-state index contributed by atoms with van der Waals surface area (Å²) in [6.07, 6.45) is -5.92. The summed E-state index contributed by atoms with van der Waals surface area (Å²) in [6.45, 7) is 7.43. The van der Waals surface area contributed by atoms with Gasteiger partial charge < -0.3 is 29.5 Å². The van der Waals surface area contributed by atoms with E-state index in [0.29, 0.717) is 0 Å². The number of halogens is 4. The Kier molecular flexibility index (Phi) is 8.63. The molecule has 16 heteroatoms. The Morgan fingerprint density at radius 3 is 2.49 bits per heavy atom. The summed E-state index contributed by atoms with van der Waals surface area (Å²) < 4.78 is 67.6. The first-order chi connectivity index (χ1) is 21.9. The number of pyridine rings is 1. The highest BCUT2D eigenvalue weighted by Gasteiger charge is 2.55. The van der Waals surface area contributed by atoms with Gasteiger partial charge in [0.25, 0.3) is 0 Å². The summed E-state index contributed by atoms with van der Waals surface area (Å²) in [4.78, 5) is 48.7. The number of nitriles is 1. The molecule has 12 nitrogen and oxygen atoms in total. The molecule has 2 saturated heterocycles. The number of nitrogens with zero attached hydrogens (tertiary/aromatic N) is 6. The standard InChI is InChI=1S/C31H35F4N7O5/c1-18-13-20(31(33,34)35)19(14-36)25(37-18)38-22-9-10-40(24-21(32)7-6-8-23(24)39(5)26(22)43)11-12-41-15-30(47-27(41)44)16-42(17-30)28(45)46-29(2,3)4/h6-8,13,22H,9-12,15-17H2,1-5H3,(H,37,38)/t22-/m0/s1. The monoisotopic (exact) mass is 661 g/mol. The van der Waals surface area contributed by atoms with E-state index in [1.54, 1.807) is 31.7 Å². The second-order valence-corrected chi connectivity index (χ2v) is 12.9. The Balaban J connectivity index is 1.34. The van der Waals surface area contributed by atoms with Crippen molar-refractivity contribution in [1.82, 2.24) is 14.8 Å². The van der Waals surface area contributed by atoms with Gasteiger partial charge in [0.05, 0.1) is 36.6 Å². The van der Waals surface area contributed by atoms with Crippen LogP contribution in [-0.4, -0.2) is 96.4 Å². The first-order valence-corrected chi connectivity index (χ1v) is 14.9. The summed E-state index contributed by atoms with van der Waals surface area (Å²) >= 11 is 0. The number of rotatable bonds is 5. The number of ether oxygens (including phenoxy) is 2. The predicted octanol–water partition coefficient (Wildman–Crippen LogP) is 4.51. The molecular weight excluding hydrogens is 626 g/mol. The molecule has 0 radical (unpaired) electrons. The molecule has 0 saturated carbocycles. The summed E-state index contributed by atoms with van der Waals surface area (Å²) in [5.41, 5.74) is -3.15. The van der Waals surface area contributed by atoms with Gasteiger partial charge >= 0.3 is 18.4 Å². The lowest BCUT2D eigenvalue weighted by Gasteiger charge is -2.45. The Labute approximate surface area is 268 Å². The quantitative estimate of drug-likeness (QED) is 0.460. The maximum atomic E-state index is 15.4. The molecule has 3 aliphatic rings. The average Bonchev–Trinajstić information content (AvgIpc) is 3.29. The van der Waals surface area contributed by atoms with E-state index in [2.05, 4.69) is 10.3 Å². The van der Waals surface area contributed by atoms with Crippen LogP contribution < -0.4 is 15.1 Å². The fraction of sp³-hybridized carbons (Fsp3) is 0.516. The Hall–Kier alpha value is -4.81. The lowest BCUT2D eigenvalue weighted by molar-refractivity contribution is -0.137. The maximum absolute atomic E-state index is 15.4. The van der Waals surface area contributed by atoms with Crippen LogP contribution >= 0.6 is 0 Å². The number of nitrogens with one attached hydrogen (secondary N) is 1. The molecule has 1 aromatic heterocycles. The maximum Gasteiger partial charge on any atom is 0.417 e. The van der Waals surface area contributed by atoms with E-state index in [-0.39, 0.29) is 68.6 Å². The number of aromatic nitrogens is 1. The van der Waals surface area contributed by atoms with Gasteiger partial charge in [-0.15, -0.1) is 0 Å². The number of amides is 3. The summed E-state index contributed by atoms with van der Waals surface area (Å²) in [6, 6.07) is 5.41. The SMILES string of the molecule is Cc1cc(C(F)(F)F)c(C#N)c(N[C@H]2CCN(CCN3CC4(CN(C(=O)OC(C)(C)C)C4)OC3=O)c3c(F)cccc3N(C)C2=O)n1. The number of para-hydroxylation sites is 1. The van der Waals surface area contributed by atoms with Gasteiger partial charge in [0.15, 0.2) is 5.60 Å². The van der Waals surface area contributed by atoms with Gasteiger partial charge in [0.1, 0.15) is 34.9 Å². The van der Waals surface area contributed by atoms with Crippen molar-refractivity contribution in [3.05, 3.63) is 46.9 Å². The van der Waals surface area contributed by atoms with Crippen molar-refractivity contribution in [2.24, 2.45) is 0 Å². The van der Waals surface area contributed by atoms with Crippen LogP contribution in [0.15, 0.2) is 24.3 Å². The van der Waals surface area contributed by atoms with Crippen LogP contribution in [0.3, 0.4) is 0 Å². The molecule has 252 valence electrons. The zero-order valence-corrected chi connectivity index (χ0v) is 26.6. The van der Waals surface area contributed by atoms with Gasteiger partial charge in [0, 0.05) is 32.4 Å². The van der Waals surface area contributed by atoms with Crippen LogP contribution in [0.1, 0.15) is 44.0 Å². The number of aryl methyl sites for hydroxylation is 1. The molecule has 2 aromatic rings. The highest BCUT2D eigenvalue weighted by molar-refractivity contribution is 6.01. The lowest BCUT2D eigenvalue weighted by Crippen LogP contribution is -2.66. The fourth-order valence-corrected chi connectivity index (χ4v) is 5.97. The Bertz CT molecular complexity index is 1630. The van der Waals surface area contributed by atoms with E-state index in [0.717, 1.165) is 6.07 Å². The number of alkyl halides is 3. The topological polar surface area (TPSA) is 131 Å². The third-order valence-electron chi connectivity index (χ3n) is 8.13. The second kappa shape index (κ2) is 12.1. The van der Waals surface area contributed by atoms with Crippen LogP contribution in [0.5, 0.6) is 0 Å². The molecule has 0 unspecified atom stereocenters. The number of hydrogen-bond donors (Lipinski definition) is 1. The third-order valence-corrected chi connectivity index (χ3v) is 8.13. The van der Waals surface area contributed by atoms with E-state index >= 15 is 4.39 Å². The van der Waals surface area contributed by atoms with Crippen molar-refractivity contribution in [3.8, 4) is 6.07 Å². The predicted molar refractivity (Wildman–Crippen MR) is 161 cm³/mol. The van der Waals surface area contributed by atoms with Crippen molar-refractivity contribution >= 4 is 35.3 Å². The van der Waals surface area contributed by atoms with Crippen LogP contribution in [0, 0.1) is 24.1 Å². The number of likely N-dealkylation sites (N-methyl/N-ethyl adjacent to an activating group) is 1. The minimum absolute atomic E-state index is 0.00196. The van der Waals surface area contributed by atoms with Crippen molar-refractivity contribution in [2.45, 2.75) is 57.5 Å². The zero-order chi connectivity index (χ0) is 34.5. The normalized spacial score (nSPS) is 19.4.